The maximum Gasteiger partial charge on any atom is 0.298 e. The van der Waals surface area contributed by atoms with E-state index in [2.05, 4.69) is 25.8 Å². The van der Waals surface area contributed by atoms with Crippen LogP contribution in [0.2, 0.25) is 0 Å². The second-order valence-electron chi connectivity index (χ2n) is 4.82. The molecule has 1 atom stereocenters. The molecule has 1 aromatic carbocycles. The zero-order valence-corrected chi connectivity index (χ0v) is 11.9. The van der Waals surface area contributed by atoms with E-state index in [1.807, 2.05) is 24.3 Å². The van der Waals surface area contributed by atoms with E-state index in [1.54, 1.807) is 0 Å². The van der Waals surface area contributed by atoms with Gasteiger partial charge in [0.15, 0.2) is 5.58 Å². The number of fused-ring (bicyclic) bond motifs is 1. The number of hydrogen-bond acceptors (Lipinski definition) is 3. The lowest BCUT2D eigenvalue weighted by atomic mass is 10.1. The molecule has 0 saturated carbocycles. The molecule has 3 nitrogen and oxygen atoms in total. The molecular formula is C14H17BrN2O. The molecule has 1 aliphatic rings. The monoisotopic (exact) mass is 308 g/mol. The molecule has 0 N–H and O–H groups in total. The summed E-state index contributed by atoms with van der Waals surface area (Å²) in [6.07, 6.45) is 5.04. The van der Waals surface area contributed by atoms with Crippen LogP contribution in [0.4, 0.5) is 6.01 Å². The summed E-state index contributed by atoms with van der Waals surface area (Å²) in [5.41, 5.74) is 1.83. The van der Waals surface area contributed by atoms with Crippen molar-refractivity contribution in [3.05, 3.63) is 24.3 Å². The molecule has 0 aliphatic carbocycles. The average molecular weight is 309 g/mol. The second kappa shape index (κ2) is 5.31. The molecule has 0 radical (unpaired) electrons. The highest BCUT2D eigenvalue weighted by Crippen LogP contribution is 2.27. The molecule has 0 spiro atoms. The zero-order valence-electron chi connectivity index (χ0n) is 10.3. The minimum atomic E-state index is 0.501. The number of para-hydroxylation sites is 2. The van der Waals surface area contributed by atoms with E-state index in [1.165, 1.54) is 25.7 Å². The van der Waals surface area contributed by atoms with E-state index in [9.17, 15) is 0 Å². The number of anilines is 1. The van der Waals surface area contributed by atoms with Crippen LogP contribution in [0.5, 0.6) is 0 Å². The molecule has 0 amide bonds. The van der Waals surface area contributed by atoms with Crippen LogP contribution in [0, 0.1) is 0 Å². The fourth-order valence-corrected chi connectivity index (χ4v) is 3.25. The van der Waals surface area contributed by atoms with Crippen molar-refractivity contribution in [1.29, 1.82) is 0 Å². The van der Waals surface area contributed by atoms with Gasteiger partial charge < -0.3 is 9.32 Å². The van der Waals surface area contributed by atoms with Crippen molar-refractivity contribution in [2.75, 3.05) is 16.8 Å². The molecule has 1 aliphatic heterocycles. The number of alkyl halides is 1. The number of nitrogens with zero attached hydrogens (tertiary/aromatic N) is 2. The van der Waals surface area contributed by atoms with Crippen molar-refractivity contribution < 1.29 is 4.42 Å². The molecule has 1 fully saturated rings. The van der Waals surface area contributed by atoms with E-state index < -0.39 is 0 Å². The molecule has 4 heteroatoms. The summed E-state index contributed by atoms with van der Waals surface area (Å²) in [5, 5.41) is 0.978. The Bertz CT molecular complexity index is 492. The van der Waals surface area contributed by atoms with Crippen LogP contribution in [0.15, 0.2) is 28.7 Å². The van der Waals surface area contributed by atoms with Crippen LogP contribution in [0.1, 0.15) is 25.7 Å². The van der Waals surface area contributed by atoms with Crippen LogP contribution < -0.4 is 4.90 Å². The molecule has 0 bridgehead atoms. The summed E-state index contributed by atoms with van der Waals surface area (Å²) in [4.78, 5) is 6.94. The van der Waals surface area contributed by atoms with Crippen LogP contribution in [-0.2, 0) is 0 Å². The van der Waals surface area contributed by atoms with Gasteiger partial charge in [-0.05, 0) is 25.0 Å². The Labute approximate surface area is 115 Å². The van der Waals surface area contributed by atoms with Crippen LogP contribution >= 0.6 is 15.9 Å². The number of rotatable bonds is 2. The Hall–Kier alpha value is -1.03. The van der Waals surface area contributed by atoms with E-state index >= 15 is 0 Å². The van der Waals surface area contributed by atoms with Gasteiger partial charge in [-0.2, -0.15) is 4.98 Å². The van der Waals surface area contributed by atoms with Gasteiger partial charge in [0, 0.05) is 17.9 Å². The maximum absolute atomic E-state index is 5.89. The zero-order chi connectivity index (χ0) is 12.4. The highest BCUT2D eigenvalue weighted by Gasteiger charge is 2.24. The highest BCUT2D eigenvalue weighted by atomic mass is 79.9. The van der Waals surface area contributed by atoms with Crippen molar-refractivity contribution in [2.45, 2.75) is 31.7 Å². The third-order valence-corrected chi connectivity index (χ3v) is 4.33. The number of aromatic nitrogens is 1. The minimum Gasteiger partial charge on any atom is -0.423 e. The Morgan fingerprint density at radius 1 is 1.28 bits per heavy atom. The highest BCUT2D eigenvalue weighted by molar-refractivity contribution is 9.09. The summed E-state index contributed by atoms with van der Waals surface area (Å²) < 4.78 is 5.89. The molecule has 96 valence electrons. The van der Waals surface area contributed by atoms with Crippen molar-refractivity contribution >= 4 is 33.0 Å². The van der Waals surface area contributed by atoms with Gasteiger partial charge in [0.1, 0.15) is 5.52 Å². The predicted octanol–water partition coefficient (Wildman–Crippen LogP) is 3.97. The Balaban J connectivity index is 1.95. The molecule has 1 saturated heterocycles. The molecule has 18 heavy (non-hydrogen) atoms. The van der Waals surface area contributed by atoms with E-state index in [0.29, 0.717) is 6.04 Å². The standard InChI is InChI=1S/C14H17BrN2O/c15-10-11-6-2-1-5-9-17(11)14-16-12-7-3-4-8-13(12)18-14/h3-4,7-8,11H,1-2,5-6,9-10H2. The topological polar surface area (TPSA) is 29.3 Å². The van der Waals surface area contributed by atoms with Crippen LogP contribution in [0.25, 0.3) is 11.1 Å². The van der Waals surface area contributed by atoms with Crippen molar-refractivity contribution in [1.82, 2.24) is 4.98 Å². The Morgan fingerprint density at radius 2 is 2.17 bits per heavy atom. The molecule has 1 aromatic heterocycles. The van der Waals surface area contributed by atoms with Gasteiger partial charge in [-0.3, -0.25) is 0 Å². The summed E-state index contributed by atoms with van der Waals surface area (Å²) in [5.74, 6) is 0. The number of hydrogen-bond donors (Lipinski definition) is 0. The van der Waals surface area contributed by atoms with Gasteiger partial charge in [-0.15, -0.1) is 0 Å². The largest absolute Gasteiger partial charge is 0.423 e. The van der Waals surface area contributed by atoms with Crippen molar-refractivity contribution in [3.63, 3.8) is 0 Å². The van der Waals surface area contributed by atoms with E-state index in [4.69, 9.17) is 4.42 Å². The average Bonchev–Trinajstić information content (AvgIpc) is 2.68. The molecule has 1 unspecified atom stereocenters. The van der Waals surface area contributed by atoms with Gasteiger partial charge in [0.05, 0.1) is 0 Å². The third-order valence-electron chi connectivity index (χ3n) is 3.58. The maximum atomic E-state index is 5.89. The molecule has 2 aromatic rings. The number of benzene rings is 1. The summed E-state index contributed by atoms with van der Waals surface area (Å²) >= 11 is 3.62. The summed E-state index contributed by atoms with van der Waals surface area (Å²) in [6, 6.07) is 9.25. The fraction of sp³-hybridized carbons (Fsp3) is 0.500. The van der Waals surface area contributed by atoms with Crippen LogP contribution in [0.3, 0.4) is 0 Å². The van der Waals surface area contributed by atoms with Gasteiger partial charge in [-0.1, -0.05) is 40.9 Å². The quantitative estimate of drug-likeness (QED) is 0.786. The predicted molar refractivity (Wildman–Crippen MR) is 77.4 cm³/mol. The van der Waals surface area contributed by atoms with Gasteiger partial charge in [-0.25, -0.2) is 0 Å². The first-order valence-corrected chi connectivity index (χ1v) is 7.69. The lowest BCUT2D eigenvalue weighted by Crippen LogP contribution is -2.36. The van der Waals surface area contributed by atoms with Gasteiger partial charge in [0.25, 0.3) is 6.01 Å². The van der Waals surface area contributed by atoms with E-state index in [0.717, 1.165) is 29.0 Å². The molecule has 3 rings (SSSR count). The Morgan fingerprint density at radius 3 is 3.00 bits per heavy atom. The summed E-state index contributed by atoms with van der Waals surface area (Å²) in [7, 11) is 0. The molecule has 2 heterocycles. The van der Waals surface area contributed by atoms with Gasteiger partial charge >= 0.3 is 0 Å². The first-order valence-electron chi connectivity index (χ1n) is 6.56. The van der Waals surface area contributed by atoms with E-state index in [-0.39, 0.29) is 0 Å². The second-order valence-corrected chi connectivity index (χ2v) is 5.46. The molecular weight excluding hydrogens is 292 g/mol. The normalized spacial score (nSPS) is 21.2. The third kappa shape index (κ3) is 2.26. The summed E-state index contributed by atoms with van der Waals surface area (Å²) in [6.45, 7) is 1.04. The number of halogens is 1. The SMILES string of the molecule is BrCC1CCCCCN1c1nc2ccccc2o1. The lowest BCUT2D eigenvalue weighted by molar-refractivity contribution is 0.528. The lowest BCUT2D eigenvalue weighted by Gasteiger charge is -2.26. The first kappa shape index (κ1) is 12.0. The Kier molecular flexibility index (Phi) is 3.55. The van der Waals surface area contributed by atoms with Crippen molar-refractivity contribution in [3.8, 4) is 0 Å². The first-order chi connectivity index (χ1) is 8.88. The smallest absolute Gasteiger partial charge is 0.298 e. The fourth-order valence-electron chi connectivity index (χ4n) is 2.57. The van der Waals surface area contributed by atoms with Crippen molar-refractivity contribution in [2.24, 2.45) is 0 Å². The number of oxazole rings is 1. The van der Waals surface area contributed by atoms with Gasteiger partial charge in [0.2, 0.25) is 0 Å². The van der Waals surface area contributed by atoms with Crippen LogP contribution in [-0.4, -0.2) is 22.9 Å². The minimum absolute atomic E-state index is 0.501.